The first-order valence-electron chi connectivity index (χ1n) is 12.2. The van der Waals surface area contributed by atoms with Gasteiger partial charge in [0.15, 0.2) is 0 Å². The van der Waals surface area contributed by atoms with Crippen molar-refractivity contribution in [1.82, 2.24) is 19.9 Å². The van der Waals surface area contributed by atoms with Gasteiger partial charge < -0.3 is 10.6 Å². The van der Waals surface area contributed by atoms with Crippen molar-refractivity contribution in [2.45, 2.75) is 40.3 Å². The van der Waals surface area contributed by atoms with E-state index in [-0.39, 0.29) is 17.2 Å². The standard InChI is InChI=1S/C29H32N6O2/c1-6-26(36)32-22-8-7-9-23(17-22)35-25-11-10-20(18-31-19(2)29(3,4)5)16-24(25)33-28(35)34-27(37)21-12-14-30-15-13-21/h6-17,19,31H,1,18H2,2-5H3,(H,32,36)(H,33,34,37)/t19-/m0/s1. The predicted molar refractivity (Wildman–Crippen MR) is 148 cm³/mol. The Labute approximate surface area is 216 Å². The number of amides is 2. The molecule has 0 saturated carbocycles. The number of imidazole rings is 1. The second-order valence-corrected chi connectivity index (χ2v) is 10.00. The summed E-state index contributed by atoms with van der Waals surface area (Å²) in [5.41, 5.74) is 4.61. The average molecular weight is 497 g/mol. The largest absolute Gasteiger partial charge is 0.322 e. The molecule has 1 atom stereocenters. The van der Waals surface area contributed by atoms with Crippen molar-refractivity contribution in [3.8, 4) is 5.69 Å². The van der Waals surface area contributed by atoms with Crippen LogP contribution in [-0.2, 0) is 11.3 Å². The second-order valence-electron chi connectivity index (χ2n) is 10.00. The monoisotopic (exact) mass is 496 g/mol. The number of anilines is 2. The molecule has 0 aliphatic rings. The Bertz CT molecular complexity index is 1440. The first kappa shape index (κ1) is 25.8. The van der Waals surface area contributed by atoms with E-state index in [2.05, 4.69) is 61.3 Å². The van der Waals surface area contributed by atoms with Crippen LogP contribution in [0.3, 0.4) is 0 Å². The highest BCUT2D eigenvalue weighted by Gasteiger charge is 2.20. The van der Waals surface area contributed by atoms with Crippen molar-refractivity contribution in [1.29, 1.82) is 0 Å². The number of nitrogens with one attached hydrogen (secondary N) is 3. The topological polar surface area (TPSA) is 101 Å². The van der Waals surface area contributed by atoms with Crippen molar-refractivity contribution in [3.05, 3.63) is 90.8 Å². The Morgan fingerprint density at radius 2 is 1.81 bits per heavy atom. The molecule has 8 heteroatoms. The molecule has 0 bridgehead atoms. The molecule has 3 N–H and O–H groups in total. The van der Waals surface area contributed by atoms with E-state index >= 15 is 0 Å². The van der Waals surface area contributed by atoms with Crippen molar-refractivity contribution in [2.75, 3.05) is 10.6 Å². The lowest BCUT2D eigenvalue weighted by molar-refractivity contribution is -0.111. The van der Waals surface area contributed by atoms with Crippen molar-refractivity contribution >= 4 is 34.5 Å². The third-order valence-electron chi connectivity index (χ3n) is 6.36. The number of carbonyl (C=O) groups is 2. The Hall–Kier alpha value is -4.30. The number of pyridine rings is 1. The SMILES string of the molecule is C=CC(=O)Nc1cccc(-n2c(NC(=O)c3ccncc3)nc3cc(CN[C@@H](C)C(C)(C)C)ccc32)c1. The zero-order valence-electron chi connectivity index (χ0n) is 21.6. The molecule has 0 unspecified atom stereocenters. The van der Waals surface area contributed by atoms with Gasteiger partial charge in [-0.1, -0.05) is 39.5 Å². The number of hydrogen-bond donors (Lipinski definition) is 3. The van der Waals surface area contributed by atoms with Crippen LogP contribution in [0.25, 0.3) is 16.7 Å². The maximum absolute atomic E-state index is 13.0. The van der Waals surface area contributed by atoms with Crippen LogP contribution in [0.5, 0.6) is 0 Å². The van der Waals surface area contributed by atoms with Gasteiger partial charge in [0, 0.05) is 36.2 Å². The summed E-state index contributed by atoms with van der Waals surface area (Å²) < 4.78 is 1.87. The molecule has 2 heterocycles. The van der Waals surface area contributed by atoms with Crippen LogP contribution in [0.4, 0.5) is 11.6 Å². The maximum atomic E-state index is 13.0. The molecule has 8 nitrogen and oxygen atoms in total. The molecular weight excluding hydrogens is 464 g/mol. The van der Waals surface area contributed by atoms with E-state index < -0.39 is 0 Å². The van der Waals surface area contributed by atoms with Crippen molar-refractivity contribution in [3.63, 3.8) is 0 Å². The Morgan fingerprint density at radius 1 is 1.05 bits per heavy atom. The molecular formula is C29H32N6O2. The fraction of sp³-hybridized carbons (Fsp3) is 0.241. The first-order valence-corrected chi connectivity index (χ1v) is 12.2. The minimum Gasteiger partial charge on any atom is -0.322 e. The van der Waals surface area contributed by atoms with Gasteiger partial charge in [0.1, 0.15) is 0 Å². The van der Waals surface area contributed by atoms with Crippen LogP contribution in [0.2, 0.25) is 0 Å². The summed E-state index contributed by atoms with van der Waals surface area (Å²) in [6.07, 6.45) is 4.36. The lowest BCUT2D eigenvalue weighted by Gasteiger charge is -2.28. The van der Waals surface area contributed by atoms with Gasteiger partial charge in [0.25, 0.3) is 5.91 Å². The quantitative estimate of drug-likeness (QED) is 0.287. The van der Waals surface area contributed by atoms with Gasteiger partial charge >= 0.3 is 0 Å². The Kier molecular flexibility index (Phi) is 7.50. The van der Waals surface area contributed by atoms with E-state index in [1.54, 1.807) is 30.6 Å². The summed E-state index contributed by atoms with van der Waals surface area (Å²) in [7, 11) is 0. The molecule has 190 valence electrons. The number of hydrogen-bond acceptors (Lipinski definition) is 5. The predicted octanol–water partition coefficient (Wildman–Crippen LogP) is 5.32. The highest BCUT2D eigenvalue weighted by Crippen LogP contribution is 2.28. The maximum Gasteiger partial charge on any atom is 0.258 e. The number of carbonyl (C=O) groups excluding carboxylic acids is 2. The fourth-order valence-corrected chi connectivity index (χ4v) is 3.75. The van der Waals surface area contributed by atoms with Crippen LogP contribution in [0, 0.1) is 5.41 Å². The molecule has 0 saturated heterocycles. The minimum absolute atomic E-state index is 0.141. The van der Waals surface area contributed by atoms with E-state index in [1.807, 2.05) is 34.9 Å². The van der Waals surface area contributed by atoms with Crippen molar-refractivity contribution in [2.24, 2.45) is 5.41 Å². The molecule has 0 radical (unpaired) electrons. The fourth-order valence-electron chi connectivity index (χ4n) is 3.75. The molecule has 2 aromatic heterocycles. The minimum atomic E-state index is -0.305. The van der Waals surface area contributed by atoms with E-state index in [9.17, 15) is 9.59 Å². The van der Waals surface area contributed by atoms with Gasteiger partial charge in [-0.15, -0.1) is 0 Å². The van der Waals surface area contributed by atoms with Crippen LogP contribution in [-0.4, -0.2) is 32.4 Å². The summed E-state index contributed by atoms with van der Waals surface area (Å²) in [4.78, 5) is 33.6. The molecule has 4 aromatic rings. The van der Waals surface area contributed by atoms with Crippen LogP contribution < -0.4 is 16.0 Å². The van der Waals surface area contributed by atoms with Gasteiger partial charge in [-0.2, -0.15) is 0 Å². The van der Waals surface area contributed by atoms with E-state index in [4.69, 9.17) is 4.98 Å². The summed E-state index contributed by atoms with van der Waals surface area (Å²) in [6, 6.07) is 17.0. The van der Waals surface area contributed by atoms with Crippen LogP contribution in [0.15, 0.2) is 79.6 Å². The molecule has 0 spiro atoms. The zero-order chi connectivity index (χ0) is 26.6. The summed E-state index contributed by atoms with van der Waals surface area (Å²) >= 11 is 0. The van der Waals surface area contributed by atoms with E-state index in [0.29, 0.717) is 29.8 Å². The molecule has 0 aliphatic heterocycles. The highest BCUT2D eigenvalue weighted by molar-refractivity contribution is 6.04. The average Bonchev–Trinajstić information content (AvgIpc) is 3.24. The van der Waals surface area contributed by atoms with Crippen LogP contribution in [0.1, 0.15) is 43.6 Å². The molecule has 2 amide bonds. The van der Waals surface area contributed by atoms with Crippen molar-refractivity contribution < 1.29 is 9.59 Å². The van der Waals surface area contributed by atoms with E-state index in [1.165, 1.54) is 6.08 Å². The van der Waals surface area contributed by atoms with Gasteiger partial charge in [-0.25, -0.2) is 4.98 Å². The molecule has 2 aromatic carbocycles. The third kappa shape index (κ3) is 6.10. The lowest BCUT2D eigenvalue weighted by atomic mass is 9.88. The van der Waals surface area contributed by atoms with Crippen LogP contribution >= 0.6 is 0 Å². The number of nitrogens with zero attached hydrogens (tertiary/aromatic N) is 3. The van der Waals surface area contributed by atoms with Gasteiger partial charge in [0.2, 0.25) is 11.9 Å². The second kappa shape index (κ2) is 10.8. The molecule has 0 aliphatic carbocycles. The van der Waals surface area contributed by atoms with Gasteiger partial charge in [-0.3, -0.25) is 24.5 Å². The number of fused-ring (bicyclic) bond motifs is 1. The molecule has 4 rings (SSSR count). The Balaban J connectivity index is 1.74. The van der Waals surface area contributed by atoms with Gasteiger partial charge in [-0.05, 0) is 66.4 Å². The number of aromatic nitrogens is 3. The number of benzene rings is 2. The Morgan fingerprint density at radius 3 is 2.51 bits per heavy atom. The smallest absolute Gasteiger partial charge is 0.258 e. The molecule has 0 fully saturated rings. The first-order chi connectivity index (χ1) is 17.7. The lowest BCUT2D eigenvalue weighted by Crippen LogP contribution is -2.37. The molecule has 37 heavy (non-hydrogen) atoms. The summed E-state index contributed by atoms with van der Waals surface area (Å²) in [6.45, 7) is 13.0. The number of rotatable bonds is 8. The summed E-state index contributed by atoms with van der Waals surface area (Å²) in [5, 5.41) is 9.31. The normalized spacial score (nSPS) is 12.2. The zero-order valence-corrected chi connectivity index (χ0v) is 21.6. The summed E-state index contributed by atoms with van der Waals surface area (Å²) in [5.74, 6) is -0.228. The highest BCUT2D eigenvalue weighted by atomic mass is 16.2. The third-order valence-corrected chi connectivity index (χ3v) is 6.36. The van der Waals surface area contributed by atoms with Gasteiger partial charge in [0.05, 0.1) is 16.7 Å². The van der Waals surface area contributed by atoms with E-state index in [0.717, 1.165) is 22.3 Å².